The van der Waals surface area contributed by atoms with Crippen LogP contribution in [0, 0.1) is 0 Å². The van der Waals surface area contributed by atoms with Crippen molar-refractivity contribution in [1.29, 1.82) is 0 Å². The molecule has 2 aromatic carbocycles. The quantitative estimate of drug-likeness (QED) is 0.531. The van der Waals surface area contributed by atoms with Gasteiger partial charge in [-0.1, -0.05) is 36.4 Å². The lowest BCUT2D eigenvalue weighted by atomic mass is 10.1. The van der Waals surface area contributed by atoms with Gasteiger partial charge < -0.3 is 11.6 Å². The summed E-state index contributed by atoms with van der Waals surface area (Å²) in [4.78, 5) is 0. The number of aromatic nitrogens is 1. The van der Waals surface area contributed by atoms with Gasteiger partial charge in [0.25, 0.3) is 0 Å². The normalized spacial score (nSPS) is 10.9. The summed E-state index contributed by atoms with van der Waals surface area (Å²) in [5.74, 6) is 6.12. The molecule has 0 aliphatic carbocycles. The molecule has 1 aromatic heterocycles. The minimum absolute atomic E-state index is 0.735. The fraction of sp³-hybridized carbons (Fsp3) is 0.0667. The molecule has 0 atom stereocenters. The van der Waals surface area contributed by atoms with E-state index in [0.717, 1.165) is 28.7 Å². The third kappa shape index (κ3) is 1.80. The lowest BCUT2D eigenvalue weighted by molar-refractivity contribution is 0.945. The van der Waals surface area contributed by atoms with Gasteiger partial charge in [0.2, 0.25) is 0 Å². The monoisotopic (exact) mass is 237 g/mol. The lowest BCUT2D eigenvalue weighted by Crippen LogP contribution is -2.12. The van der Waals surface area contributed by atoms with Crippen molar-refractivity contribution < 1.29 is 0 Å². The Morgan fingerprint density at radius 2 is 1.72 bits per heavy atom. The maximum atomic E-state index is 6.12. The molecule has 0 aliphatic heterocycles. The van der Waals surface area contributed by atoms with Crippen LogP contribution in [0.25, 0.3) is 10.9 Å². The predicted molar refractivity (Wildman–Crippen MR) is 75.7 cm³/mol. The maximum absolute atomic E-state index is 6.12. The van der Waals surface area contributed by atoms with Crippen LogP contribution in [0.2, 0.25) is 0 Å². The van der Waals surface area contributed by atoms with E-state index in [9.17, 15) is 0 Å². The summed E-state index contributed by atoms with van der Waals surface area (Å²) < 4.78 is 1.72. The third-order valence-corrected chi connectivity index (χ3v) is 3.17. The van der Waals surface area contributed by atoms with Gasteiger partial charge in [-0.3, -0.25) is 4.68 Å². The molecule has 3 heteroatoms. The van der Waals surface area contributed by atoms with E-state index in [1.54, 1.807) is 4.68 Å². The zero-order valence-corrected chi connectivity index (χ0v) is 10.0. The molecule has 3 rings (SSSR count). The Bertz CT molecular complexity index is 684. The van der Waals surface area contributed by atoms with Gasteiger partial charge in [0, 0.05) is 23.2 Å². The third-order valence-electron chi connectivity index (χ3n) is 3.17. The molecule has 3 nitrogen and oxygen atoms in total. The highest BCUT2D eigenvalue weighted by atomic mass is 15.3. The van der Waals surface area contributed by atoms with Crippen LogP contribution in [0.4, 0.5) is 5.69 Å². The van der Waals surface area contributed by atoms with Gasteiger partial charge in [-0.15, -0.1) is 0 Å². The molecule has 90 valence electrons. The van der Waals surface area contributed by atoms with Crippen LogP contribution in [0.5, 0.6) is 0 Å². The average Bonchev–Trinajstić information content (AvgIpc) is 2.68. The first-order valence-corrected chi connectivity index (χ1v) is 5.93. The van der Waals surface area contributed by atoms with Gasteiger partial charge in [0.15, 0.2) is 0 Å². The number of fused-ring (bicyclic) bond motifs is 1. The zero-order chi connectivity index (χ0) is 12.5. The van der Waals surface area contributed by atoms with E-state index in [0.29, 0.717) is 0 Å². The van der Waals surface area contributed by atoms with E-state index >= 15 is 0 Å². The molecule has 0 bridgehead atoms. The summed E-state index contributed by atoms with van der Waals surface area (Å²) in [6.45, 7) is 0. The van der Waals surface area contributed by atoms with Gasteiger partial charge >= 0.3 is 0 Å². The Kier molecular flexibility index (Phi) is 2.45. The van der Waals surface area contributed by atoms with Gasteiger partial charge in [-0.05, 0) is 23.8 Å². The second-order valence-corrected chi connectivity index (χ2v) is 4.49. The highest BCUT2D eigenvalue weighted by Gasteiger charge is 2.07. The first kappa shape index (κ1) is 10.7. The Hall–Kier alpha value is -2.42. The molecule has 3 aromatic rings. The minimum Gasteiger partial charge on any atom is -0.399 e. The predicted octanol–water partition coefficient (Wildman–Crippen LogP) is 2.53. The second kappa shape index (κ2) is 4.11. The molecule has 18 heavy (non-hydrogen) atoms. The number of benzene rings is 2. The van der Waals surface area contributed by atoms with Crippen molar-refractivity contribution in [3.8, 4) is 0 Å². The highest BCUT2D eigenvalue weighted by Crippen LogP contribution is 2.21. The van der Waals surface area contributed by atoms with Crippen molar-refractivity contribution in [2.75, 3.05) is 11.6 Å². The van der Waals surface area contributed by atoms with E-state index in [2.05, 4.69) is 18.2 Å². The Morgan fingerprint density at radius 1 is 0.944 bits per heavy atom. The summed E-state index contributed by atoms with van der Waals surface area (Å²) in [5.41, 5.74) is 9.83. The van der Waals surface area contributed by atoms with E-state index in [-0.39, 0.29) is 0 Å². The van der Waals surface area contributed by atoms with Crippen LogP contribution in [-0.2, 0) is 6.42 Å². The van der Waals surface area contributed by atoms with E-state index < -0.39 is 0 Å². The summed E-state index contributed by atoms with van der Waals surface area (Å²) in [6.07, 6.45) is 0.825. The first-order valence-electron chi connectivity index (χ1n) is 5.93. The smallest absolute Gasteiger partial charge is 0.0713 e. The van der Waals surface area contributed by atoms with Crippen LogP contribution < -0.4 is 11.6 Å². The zero-order valence-electron chi connectivity index (χ0n) is 10.0. The van der Waals surface area contributed by atoms with Crippen molar-refractivity contribution in [2.45, 2.75) is 6.42 Å². The molecule has 0 saturated heterocycles. The average molecular weight is 237 g/mol. The SMILES string of the molecule is Nc1ccc2cc(Cc3ccccc3)n(N)c2c1. The Balaban J connectivity index is 2.05. The Labute approximate surface area is 106 Å². The summed E-state index contributed by atoms with van der Waals surface area (Å²) in [7, 11) is 0. The number of nitrogen functional groups attached to an aromatic ring is 2. The van der Waals surface area contributed by atoms with Crippen LogP contribution in [-0.4, -0.2) is 4.68 Å². The summed E-state index contributed by atoms with van der Waals surface area (Å²) >= 11 is 0. The van der Waals surface area contributed by atoms with Crippen LogP contribution in [0.3, 0.4) is 0 Å². The van der Waals surface area contributed by atoms with Gasteiger partial charge in [-0.2, -0.15) is 0 Å². The number of nitrogens with zero attached hydrogens (tertiary/aromatic N) is 1. The Morgan fingerprint density at radius 3 is 2.50 bits per heavy atom. The fourth-order valence-corrected chi connectivity index (χ4v) is 2.24. The van der Waals surface area contributed by atoms with Gasteiger partial charge in [0.1, 0.15) is 0 Å². The molecule has 0 unspecified atom stereocenters. The molecule has 0 saturated carbocycles. The summed E-state index contributed by atoms with van der Waals surface area (Å²) in [6, 6.07) is 18.2. The number of hydrogen-bond donors (Lipinski definition) is 2. The number of nitrogens with two attached hydrogens (primary N) is 2. The molecular formula is C15H15N3. The largest absolute Gasteiger partial charge is 0.399 e. The van der Waals surface area contributed by atoms with Crippen molar-refractivity contribution >= 4 is 16.6 Å². The maximum Gasteiger partial charge on any atom is 0.0713 e. The van der Waals surface area contributed by atoms with Crippen molar-refractivity contribution in [3.63, 3.8) is 0 Å². The highest BCUT2D eigenvalue weighted by molar-refractivity contribution is 5.84. The molecule has 0 radical (unpaired) electrons. The molecule has 1 heterocycles. The van der Waals surface area contributed by atoms with Crippen molar-refractivity contribution in [2.24, 2.45) is 0 Å². The van der Waals surface area contributed by atoms with Crippen LogP contribution in [0.1, 0.15) is 11.3 Å². The lowest BCUT2D eigenvalue weighted by Gasteiger charge is -2.04. The molecule has 0 spiro atoms. The van der Waals surface area contributed by atoms with Gasteiger partial charge in [-0.25, -0.2) is 0 Å². The number of anilines is 1. The van der Waals surface area contributed by atoms with E-state index in [1.165, 1.54) is 5.56 Å². The molecular weight excluding hydrogens is 222 g/mol. The fourth-order valence-electron chi connectivity index (χ4n) is 2.24. The van der Waals surface area contributed by atoms with Crippen molar-refractivity contribution in [3.05, 3.63) is 65.9 Å². The topological polar surface area (TPSA) is 57.0 Å². The standard InChI is InChI=1S/C15H15N3/c16-13-7-6-12-9-14(18(17)15(12)10-13)8-11-4-2-1-3-5-11/h1-7,9-10H,8,16-17H2. The molecule has 0 fully saturated rings. The van der Waals surface area contributed by atoms with Gasteiger partial charge in [0.05, 0.1) is 5.52 Å². The molecule has 0 amide bonds. The summed E-state index contributed by atoms with van der Waals surface area (Å²) in [5, 5.41) is 1.12. The van der Waals surface area contributed by atoms with Crippen molar-refractivity contribution in [1.82, 2.24) is 4.68 Å². The van der Waals surface area contributed by atoms with E-state index in [4.69, 9.17) is 11.6 Å². The molecule has 0 aliphatic rings. The molecule has 4 N–H and O–H groups in total. The number of hydrogen-bond acceptors (Lipinski definition) is 2. The second-order valence-electron chi connectivity index (χ2n) is 4.49. The van der Waals surface area contributed by atoms with Crippen LogP contribution in [0.15, 0.2) is 54.6 Å². The number of rotatable bonds is 2. The van der Waals surface area contributed by atoms with E-state index in [1.807, 2.05) is 36.4 Å². The van der Waals surface area contributed by atoms with Crippen LogP contribution >= 0.6 is 0 Å². The first-order chi connectivity index (χ1) is 8.74. The minimum atomic E-state index is 0.735.